The average Bonchev–Trinajstić information content (AvgIpc) is 3.00. The van der Waals surface area contributed by atoms with Crippen LogP contribution in [-0.2, 0) is 11.3 Å². The SMILES string of the molecule is CCOC(=O)c1ccc(CN2CCCC2CC(C)O)o1. The molecule has 1 aliphatic rings. The van der Waals surface area contributed by atoms with Crippen LogP contribution < -0.4 is 0 Å². The Morgan fingerprint density at radius 1 is 1.60 bits per heavy atom. The summed E-state index contributed by atoms with van der Waals surface area (Å²) in [5.41, 5.74) is 0. The summed E-state index contributed by atoms with van der Waals surface area (Å²) in [5.74, 6) is 0.611. The average molecular weight is 281 g/mol. The third-order valence-electron chi connectivity index (χ3n) is 3.61. The van der Waals surface area contributed by atoms with Crippen molar-refractivity contribution in [1.82, 2.24) is 4.90 Å². The molecule has 0 amide bonds. The van der Waals surface area contributed by atoms with Crippen LogP contribution in [0.2, 0.25) is 0 Å². The molecule has 20 heavy (non-hydrogen) atoms. The maximum Gasteiger partial charge on any atom is 0.374 e. The molecule has 1 fully saturated rings. The molecule has 1 aliphatic heterocycles. The van der Waals surface area contributed by atoms with E-state index < -0.39 is 5.97 Å². The second-order valence-electron chi connectivity index (χ2n) is 5.34. The van der Waals surface area contributed by atoms with Gasteiger partial charge in [0.15, 0.2) is 0 Å². The molecule has 2 atom stereocenters. The highest BCUT2D eigenvalue weighted by molar-refractivity contribution is 5.86. The number of furan rings is 1. The highest BCUT2D eigenvalue weighted by Crippen LogP contribution is 2.24. The van der Waals surface area contributed by atoms with Crippen molar-refractivity contribution < 1.29 is 19.1 Å². The molecule has 1 saturated heterocycles. The van der Waals surface area contributed by atoms with Gasteiger partial charge in [-0.25, -0.2) is 4.79 Å². The van der Waals surface area contributed by atoms with Gasteiger partial charge in [-0.2, -0.15) is 0 Å². The third kappa shape index (κ3) is 3.84. The van der Waals surface area contributed by atoms with Crippen LogP contribution in [0.3, 0.4) is 0 Å². The quantitative estimate of drug-likeness (QED) is 0.810. The molecule has 2 heterocycles. The van der Waals surface area contributed by atoms with Crippen molar-refractivity contribution in [3.8, 4) is 0 Å². The van der Waals surface area contributed by atoms with Crippen molar-refractivity contribution in [3.05, 3.63) is 23.7 Å². The Hall–Kier alpha value is -1.33. The molecule has 0 bridgehead atoms. The molecule has 5 heteroatoms. The minimum Gasteiger partial charge on any atom is -0.460 e. The third-order valence-corrected chi connectivity index (χ3v) is 3.61. The molecular weight excluding hydrogens is 258 g/mol. The van der Waals surface area contributed by atoms with Crippen molar-refractivity contribution in [2.24, 2.45) is 0 Å². The van der Waals surface area contributed by atoms with E-state index in [2.05, 4.69) is 4.90 Å². The van der Waals surface area contributed by atoms with Gasteiger partial charge in [0.1, 0.15) is 5.76 Å². The summed E-state index contributed by atoms with van der Waals surface area (Å²) < 4.78 is 10.4. The van der Waals surface area contributed by atoms with E-state index in [0.717, 1.165) is 31.6 Å². The van der Waals surface area contributed by atoms with Gasteiger partial charge in [-0.05, 0) is 51.8 Å². The highest BCUT2D eigenvalue weighted by Gasteiger charge is 2.26. The number of esters is 1. The predicted molar refractivity (Wildman–Crippen MR) is 74.4 cm³/mol. The van der Waals surface area contributed by atoms with Gasteiger partial charge in [0.05, 0.1) is 19.3 Å². The fourth-order valence-electron chi connectivity index (χ4n) is 2.74. The first-order valence-corrected chi connectivity index (χ1v) is 7.28. The van der Waals surface area contributed by atoms with Crippen LogP contribution in [0.5, 0.6) is 0 Å². The van der Waals surface area contributed by atoms with E-state index in [9.17, 15) is 9.90 Å². The number of rotatable bonds is 6. The Kier molecular flexibility index (Phi) is 5.20. The van der Waals surface area contributed by atoms with Crippen molar-refractivity contribution in [2.75, 3.05) is 13.2 Å². The van der Waals surface area contributed by atoms with Crippen molar-refractivity contribution in [3.63, 3.8) is 0 Å². The van der Waals surface area contributed by atoms with E-state index in [4.69, 9.17) is 9.15 Å². The Bertz CT molecular complexity index is 441. The number of aliphatic hydroxyl groups excluding tert-OH is 1. The molecule has 0 aliphatic carbocycles. The summed E-state index contributed by atoms with van der Waals surface area (Å²) in [4.78, 5) is 13.8. The zero-order chi connectivity index (χ0) is 14.5. The monoisotopic (exact) mass is 281 g/mol. The van der Waals surface area contributed by atoms with Crippen LogP contribution in [-0.4, -0.2) is 41.3 Å². The summed E-state index contributed by atoms with van der Waals surface area (Å²) in [7, 11) is 0. The van der Waals surface area contributed by atoms with Crippen LogP contribution in [0.15, 0.2) is 16.5 Å². The van der Waals surface area contributed by atoms with Gasteiger partial charge in [0.2, 0.25) is 5.76 Å². The number of ether oxygens (including phenoxy) is 1. The normalized spacial score (nSPS) is 21.1. The minimum absolute atomic E-state index is 0.258. The fraction of sp³-hybridized carbons (Fsp3) is 0.667. The van der Waals surface area contributed by atoms with E-state index in [1.54, 1.807) is 13.0 Å². The number of hydrogen-bond acceptors (Lipinski definition) is 5. The maximum atomic E-state index is 11.5. The van der Waals surface area contributed by atoms with Gasteiger partial charge in [-0.1, -0.05) is 0 Å². The van der Waals surface area contributed by atoms with Gasteiger partial charge >= 0.3 is 5.97 Å². The standard InChI is InChI=1S/C15H23NO4/c1-3-19-15(18)14-7-6-13(20-14)10-16-8-4-5-12(16)9-11(2)17/h6-7,11-12,17H,3-5,8-10H2,1-2H3. The molecule has 1 aromatic rings. The molecule has 1 aromatic heterocycles. The zero-order valence-electron chi connectivity index (χ0n) is 12.2. The lowest BCUT2D eigenvalue weighted by molar-refractivity contribution is 0.0485. The zero-order valence-corrected chi connectivity index (χ0v) is 12.2. The maximum absolute atomic E-state index is 11.5. The van der Waals surface area contributed by atoms with Gasteiger partial charge in [0.25, 0.3) is 0 Å². The minimum atomic E-state index is -0.416. The van der Waals surface area contributed by atoms with Crippen molar-refractivity contribution in [1.29, 1.82) is 0 Å². The van der Waals surface area contributed by atoms with Gasteiger partial charge < -0.3 is 14.3 Å². The summed E-state index contributed by atoms with van der Waals surface area (Å²) in [6.45, 7) is 5.62. The number of hydrogen-bond donors (Lipinski definition) is 1. The van der Waals surface area contributed by atoms with E-state index in [1.165, 1.54) is 0 Å². The lowest BCUT2D eigenvalue weighted by atomic mass is 10.1. The van der Waals surface area contributed by atoms with E-state index in [0.29, 0.717) is 19.2 Å². The molecule has 0 saturated carbocycles. The Morgan fingerprint density at radius 3 is 3.10 bits per heavy atom. The van der Waals surface area contributed by atoms with Gasteiger partial charge in [-0.15, -0.1) is 0 Å². The smallest absolute Gasteiger partial charge is 0.374 e. The molecule has 0 radical (unpaired) electrons. The lowest BCUT2D eigenvalue weighted by Gasteiger charge is -2.24. The first kappa shape index (κ1) is 15.1. The second kappa shape index (κ2) is 6.90. The molecular formula is C15H23NO4. The van der Waals surface area contributed by atoms with Crippen molar-refractivity contribution in [2.45, 2.75) is 51.8 Å². The van der Waals surface area contributed by atoms with E-state index in [1.807, 2.05) is 13.0 Å². The van der Waals surface area contributed by atoms with Crippen molar-refractivity contribution >= 4 is 5.97 Å². The van der Waals surface area contributed by atoms with E-state index in [-0.39, 0.29) is 11.9 Å². The highest BCUT2D eigenvalue weighted by atomic mass is 16.5. The predicted octanol–water partition coefficient (Wildman–Crippen LogP) is 2.19. The topological polar surface area (TPSA) is 62.9 Å². The summed E-state index contributed by atoms with van der Waals surface area (Å²) in [5, 5.41) is 9.52. The first-order valence-electron chi connectivity index (χ1n) is 7.28. The molecule has 2 unspecified atom stereocenters. The van der Waals surface area contributed by atoms with Gasteiger partial charge in [-0.3, -0.25) is 4.90 Å². The number of aliphatic hydroxyl groups is 1. The largest absolute Gasteiger partial charge is 0.460 e. The number of likely N-dealkylation sites (tertiary alicyclic amines) is 1. The summed E-state index contributed by atoms with van der Waals surface area (Å²) >= 11 is 0. The van der Waals surface area contributed by atoms with Crippen LogP contribution in [0.25, 0.3) is 0 Å². The molecule has 0 spiro atoms. The van der Waals surface area contributed by atoms with E-state index >= 15 is 0 Å². The van der Waals surface area contributed by atoms with Crippen LogP contribution >= 0.6 is 0 Å². The lowest BCUT2D eigenvalue weighted by Crippen LogP contribution is -2.31. The van der Waals surface area contributed by atoms with Gasteiger partial charge in [0, 0.05) is 6.04 Å². The van der Waals surface area contributed by atoms with Crippen LogP contribution in [0, 0.1) is 0 Å². The van der Waals surface area contributed by atoms with Crippen LogP contribution in [0.1, 0.15) is 49.4 Å². The molecule has 5 nitrogen and oxygen atoms in total. The molecule has 1 N–H and O–H groups in total. The number of nitrogens with zero attached hydrogens (tertiary/aromatic N) is 1. The first-order chi connectivity index (χ1) is 9.60. The molecule has 112 valence electrons. The molecule has 0 aromatic carbocycles. The fourth-order valence-corrected chi connectivity index (χ4v) is 2.74. The number of carbonyl (C=O) groups excluding carboxylic acids is 1. The Labute approximate surface area is 119 Å². The van der Waals surface area contributed by atoms with Crippen LogP contribution in [0.4, 0.5) is 0 Å². The summed E-state index contributed by atoms with van der Waals surface area (Å²) in [6.07, 6.45) is 2.75. The Balaban J connectivity index is 1.94. The Morgan fingerprint density at radius 2 is 2.40 bits per heavy atom. The molecule has 2 rings (SSSR count). The number of carbonyl (C=O) groups is 1. The summed E-state index contributed by atoms with van der Waals surface area (Å²) in [6, 6.07) is 3.88. The second-order valence-corrected chi connectivity index (χ2v) is 5.34.